The van der Waals surface area contributed by atoms with Gasteiger partial charge in [-0.15, -0.1) is 6.58 Å². The molecule has 1 aliphatic rings. The van der Waals surface area contributed by atoms with Crippen LogP contribution in [0.3, 0.4) is 0 Å². The van der Waals surface area contributed by atoms with Gasteiger partial charge in [0.15, 0.2) is 0 Å². The number of para-hydroxylation sites is 1. The Balaban J connectivity index is 1.70. The number of allylic oxidation sites excluding steroid dienone is 1. The van der Waals surface area contributed by atoms with Crippen LogP contribution in [0.25, 0.3) is 5.69 Å². The molecule has 2 aromatic carbocycles. The van der Waals surface area contributed by atoms with Crippen molar-refractivity contribution in [2.45, 2.75) is 57.8 Å². The van der Waals surface area contributed by atoms with Crippen LogP contribution in [-0.2, 0) is 17.7 Å². The average molecular weight is 494 g/mol. The van der Waals surface area contributed by atoms with Crippen molar-refractivity contribution in [2.24, 2.45) is 0 Å². The van der Waals surface area contributed by atoms with Crippen molar-refractivity contribution in [2.75, 3.05) is 19.7 Å². The van der Waals surface area contributed by atoms with Gasteiger partial charge in [-0.2, -0.15) is 5.10 Å². The molecule has 1 saturated heterocycles. The summed E-state index contributed by atoms with van der Waals surface area (Å²) in [5, 5.41) is 15.6. The second-order valence-electron chi connectivity index (χ2n) is 9.24. The summed E-state index contributed by atoms with van der Waals surface area (Å²) < 4.78 is 28.0. The van der Waals surface area contributed by atoms with Gasteiger partial charge < -0.3 is 14.6 Å². The highest BCUT2D eigenvalue weighted by atomic mass is 19.1. The number of aromatic nitrogens is 2. The molecule has 0 spiro atoms. The van der Waals surface area contributed by atoms with Crippen LogP contribution in [0.5, 0.6) is 11.6 Å². The fraction of sp³-hybridized carbons (Fsp3) is 0.414. The number of ether oxygens (including phenoxy) is 2. The maximum Gasteiger partial charge on any atom is 0.227 e. The predicted octanol–water partition coefficient (Wildman–Crippen LogP) is 5.67. The molecule has 7 heteroatoms. The minimum Gasteiger partial charge on any atom is -0.438 e. The largest absolute Gasteiger partial charge is 0.438 e. The van der Waals surface area contributed by atoms with E-state index in [1.54, 1.807) is 16.8 Å². The molecule has 192 valence electrons. The van der Waals surface area contributed by atoms with E-state index in [2.05, 4.69) is 18.4 Å². The number of hydrogen-bond donors (Lipinski definition) is 1. The molecule has 0 aliphatic carbocycles. The van der Waals surface area contributed by atoms with E-state index >= 15 is 0 Å². The van der Waals surface area contributed by atoms with Gasteiger partial charge in [-0.25, -0.2) is 9.07 Å². The smallest absolute Gasteiger partial charge is 0.227 e. The molecule has 0 bridgehead atoms. The van der Waals surface area contributed by atoms with Crippen molar-refractivity contribution < 1.29 is 19.0 Å². The molecule has 2 heterocycles. The fourth-order valence-electron chi connectivity index (χ4n) is 4.61. The van der Waals surface area contributed by atoms with Gasteiger partial charge in [-0.3, -0.25) is 4.90 Å². The van der Waals surface area contributed by atoms with Crippen molar-refractivity contribution in [1.82, 2.24) is 14.7 Å². The summed E-state index contributed by atoms with van der Waals surface area (Å²) in [6, 6.07) is 15.9. The van der Waals surface area contributed by atoms with Gasteiger partial charge >= 0.3 is 0 Å². The van der Waals surface area contributed by atoms with Crippen molar-refractivity contribution in [3.63, 3.8) is 0 Å². The minimum absolute atomic E-state index is 0.137. The molecule has 2 atom stereocenters. The summed E-state index contributed by atoms with van der Waals surface area (Å²) in [5.74, 6) is 0.607. The van der Waals surface area contributed by atoms with Crippen LogP contribution in [0.1, 0.15) is 43.9 Å². The molecule has 1 aliphatic heterocycles. The second kappa shape index (κ2) is 12.8. The lowest BCUT2D eigenvalue weighted by molar-refractivity contribution is 0.0441. The van der Waals surface area contributed by atoms with Crippen LogP contribution in [0.4, 0.5) is 4.39 Å². The number of halogens is 1. The standard InChI is InChI=1S/C29H36FN3O3/c1-3-5-14-24(34)19-32(20-26-16-10-17-35-26)21-27-28(4-2)31-33(23-12-7-6-8-13-23)29(27)36-25-15-9-11-22(30)18-25/h3,6-9,11-13,15,18,24,26,34H,1,4-5,10,14,16-17,19-21H2,2H3. The first-order chi connectivity index (χ1) is 17.6. The summed E-state index contributed by atoms with van der Waals surface area (Å²) in [4.78, 5) is 2.23. The molecule has 0 radical (unpaired) electrons. The van der Waals surface area contributed by atoms with Crippen molar-refractivity contribution >= 4 is 0 Å². The van der Waals surface area contributed by atoms with Crippen LogP contribution in [0.15, 0.2) is 67.3 Å². The lowest BCUT2D eigenvalue weighted by Gasteiger charge is -2.27. The summed E-state index contributed by atoms with van der Waals surface area (Å²) >= 11 is 0. The lowest BCUT2D eigenvalue weighted by atomic mass is 10.1. The second-order valence-corrected chi connectivity index (χ2v) is 9.24. The molecule has 4 rings (SSSR count). The Bertz CT molecular complexity index is 1110. The number of nitrogens with zero attached hydrogens (tertiary/aromatic N) is 3. The van der Waals surface area contributed by atoms with E-state index in [4.69, 9.17) is 14.6 Å². The van der Waals surface area contributed by atoms with Gasteiger partial charge in [0.2, 0.25) is 5.88 Å². The highest BCUT2D eigenvalue weighted by molar-refractivity contribution is 5.43. The maximum atomic E-state index is 14.0. The zero-order valence-corrected chi connectivity index (χ0v) is 21.0. The molecular formula is C29H36FN3O3. The van der Waals surface area contributed by atoms with Crippen LogP contribution < -0.4 is 4.74 Å². The average Bonchev–Trinajstić information content (AvgIpc) is 3.51. The predicted molar refractivity (Wildman–Crippen MR) is 139 cm³/mol. The summed E-state index contributed by atoms with van der Waals surface area (Å²) in [6.07, 6.45) is 5.67. The lowest BCUT2D eigenvalue weighted by Crippen LogP contribution is -2.37. The first-order valence-corrected chi connectivity index (χ1v) is 12.8. The molecule has 3 aromatic rings. The first-order valence-electron chi connectivity index (χ1n) is 12.8. The summed E-state index contributed by atoms with van der Waals surface area (Å²) in [6.45, 7) is 8.37. The van der Waals surface area contributed by atoms with E-state index in [0.717, 1.165) is 42.8 Å². The number of aryl methyl sites for hydroxylation is 1. The van der Waals surface area contributed by atoms with Crippen molar-refractivity contribution in [3.8, 4) is 17.3 Å². The van der Waals surface area contributed by atoms with Gasteiger partial charge in [-0.1, -0.05) is 37.3 Å². The van der Waals surface area contributed by atoms with E-state index in [-0.39, 0.29) is 11.9 Å². The Morgan fingerprint density at radius 1 is 1.28 bits per heavy atom. The molecule has 1 N–H and O–H groups in total. The molecule has 6 nitrogen and oxygen atoms in total. The van der Waals surface area contributed by atoms with E-state index in [9.17, 15) is 9.50 Å². The quantitative estimate of drug-likeness (QED) is 0.311. The highest BCUT2D eigenvalue weighted by Gasteiger charge is 2.26. The topological polar surface area (TPSA) is 59.8 Å². The highest BCUT2D eigenvalue weighted by Crippen LogP contribution is 2.33. The number of benzene rings is 2. The number of rotatable bonds is 13. The normalized spacial score (nSPS) is 16.4. The van der Waals surface area contributed by atoms with Gasteiger partial charge in [0.1, 0.15) is 11.6 Å². The maximum absolute atomic E-state index is 14.0. The number of aliphatic hydroxyl groups is 1. The van der Waals surface area contributed by atoms with Crippen LogP contribution in [0, 0.1) is 5.82 Å². The van der Waals surface area contributed by atoms with E-state index in [1.807, 2.05) is 36.4 Å². The van der Waals surface area contributed by atoms with Gasteiger partial charge in [0.25, 0.3) is 0 Å². The molecular weight excluding hydrogens is 457 g/mol. The fourth-order valence-corrected chi connectivity index (χ4v) is 4.61. The molecule has 36 heavy (non-hydrogen) atoms. The number of aliphatic hydroxyl groups excluding tert-OH is 1. The zero-order valence-electron chi connectivity index (χ0n) is 21.0. The molecule has 1 aromatic heterocycles. The van der Waals surface area contributed by atoms with E-state index < -0.39 is 6.10 Å². The van der Waals surface area contributed by atoms with Crippen molar-refractivity contribution in [3.05, 3.63) is 84.3 Å². The Kier molecular flexibility index (Phi) is 9.28. The molecule has 0 saturated carbocycles. The molecule has 0 amide bonds. The third kappa shape index (κ3) is 6.81. The van der Waals surface area contributed by atoms with Crippen LogP contribution in [0.2, 0.25) is 0 Å². The van der Waals surface area contributed by atoms with E-state index in [1.165, 1.54) is 12.1 Å². The Labute approximate surface area is 213 Å². The third-order valence-corrected chi connectivity index (χ3v) is 6.41. The zero-order chi connectivity index (χ0) is 25.3. The van der Waals surface area contributed by atoms with E-state index in [0.29, 0.717) is 44.1 Å². The van der Waals surface area contributed by atoms with Gasteiger partial charge in [-0.05, 0) is 56.4 Å². The van der Waals surface area contributed by atoms with Crippen molar-refractivity contribution in [1.29, 1.82) is 0 Å². The Morgan fingerprint density at radius 2 is 2.11 bits per heavy atom. The Morgan fingerprint density at radius 3 is 2.81 bits per heavy atom. The minimum atomic E-state index is -0.480. The van der Waals surface area contributed by atoms with Gasteiger partial charge in [0, 0.05) is 32.3 Å². The Hall–Kier alpha value is -3.00. The number of hydrogen-bond acceptors (Lipinski definition) is 5. The summed E-state index contributed by atoms with van der Waals surface area (Å²) in [7, 11) is 0. The third-order valence-electron chi connectivity index (χ3n) is 6.41. The first kappa shape index (κ1) is 26.1. The SMILES string of the molecule is C=CCCC(O)CN(Cc1c(CC)nn(-c2ccccc2)c1Oc1cccc(F)c1)CC1CCCO1. The van der Waals surface area contributed by atoms with Crippen LogP contribution in [-0.4, -0.2) is 51.7 Å². The van der Waals surface area contributed by atoms with Crippen LogP contribution >= 0.6 is 0 Å². The summed E-state index contributed by atoms with van der Waals surface area (Å²) in [5.41, 5.74) is 2.70. The molecule has 2 unspecified atom stereocenters. The van der Waals surface area contributed by atoms with Gasteiger partial charge in [0.05, 0.1) is 29.2 Å². The monoisotopic (exact) mass is 493 g/mol. The molecule has 1 fully saturated rings.